The highest BCUT2D eigenvalue weighted by atomic mass is 16.1. The molecular formula is C23H26N6O. The zero-order valence-electron chi connectivity index (χ0n) is 17.0. The van der Waals surface area contributed by atoms with Gasteiger partial charge in [-0.1, -0.05) is 0 Å². The van der Waals surface area contributed by atoms with Crippen LogP contribution in [0, 0.1) is 5.92 Å². The molecule has 3 aromatic rings. The predicted molar refractivity (Wildman–Crippen MR) is 114 cm³/mol. The van der Waals surface area contributed by atoms with Crippen LogP contribution in [0.2, 0.25) is 0 Å². The van der Waals surface area contributed by atoms with E-state index in [1.54, 1.807) is 29.4 Å². The van der Waals surface area contributed by atoms with E-state index in [2.05, 4.69) is 24.8 Å². The molecule has 0 N–H and O–H groups in total. The van der Waals surface area contributed by atoms with Crippen molar-refractivity contribution in [2.75, 3.05) is 13.1 Å². The summed E-state index contributed by atoms with van der Waals surface area (Å²) in [5.74, 6) is 2.11. The van der Waals surface area contributed by atoms with Crippen LogP contribution in [0.15, 0.2) is 54.1 Å². The van der Waals surface area contributed by atoms with Gasteiger partial charge in [0.05, 0.1) is 12.0 Å². The molecule has 3 aromatic heterocycles. The molecule has 0 spiro atoms. The number of likely N-dealkylation sites (tertiary alicyclic amines) is 1. The van der Waals surface area contributed by atoms with Crippen LogP contribution in [0.4, 0.5) is 0 Å². The van der Waals surface area contributed by atoms with Crippen LogP contribution in [0.25, 0.3) is 11.3 Å². The molecule has 154 valence electrons. The predicted octanol–water partition coefficient (Wildman–Crippen LogP) is 2.88. The van der Waals surface area contributed by atoms with Gasteiger partial charge in [-0.3, -0.25) is 19.2 Å². The van der Waals surface area contributed by atoms with Gasteiger partial charge in [0.2, 0.25) is 0 Å². The number of aromatic nitrogens is 5. The summed E-state index contributed by atoms with van der Waals surface area (Å²) in [5, 5.41) is 0. The fourth-order valence-electron chi connectivity index (χ4n) is 4.10. The lowest BCUT2D eigenvalue weighted by molar-refractivity contribution is 0.166. The van der Waals surface area contributed by atoms with Crippen LogP contribution in [0.1, 0.15) is 43.0 Å². The highest BCUT2D eigenvalue weighted by Gasteiger charge is 2.26. The Morgan fingerprint density at radius 2 is 1.80 bits per heavy atom. The van der Waals surface area contributed by atoms with Gasteiger partial charge in [0.25, 0.3) is 5.56 Å². The zero-order chi connectivity index (χ0) is 20.3. The van der Waals surface area contributed by atoms with Gasteiger partial charge < -0.3 is 0 Å². The summed E-state index contributed by atoms with van der Waals surface area (Å²) in [6, 6.07) is 5.38. The molecule has 1 aliphatic heterocycles. The third kappa shape index (κ3) is 4.46. The first-order valence-corrected chi connectivity index (χ1v) is 10.7. The van der Waals surface area contributed by atoms with E-state index in [0.717, 1.165) is 50.4 Å². The van der Waals surface area contributed by atoms with E-state index >= 15 is 0 Å². The number of hydrogen-bond acceptors (Lipinski definition) is 6. The van der Waals surface area contributed by atoms with E-state index in [4.69, 9.17) is 0 Å². The van der Waals surface area contributed by atoms with Crippen LogP contribution in [0.5, 0.6) is 0 Å². The summed E-state index contributed by atoms with van der Waals surface area (Å²) >= 11 is 0. The van der Waals surface area contributed by atoms with Gasteiger partial charge in [0.1, 0.15) is 5.82 Å². The third-order valence-electron chi connectivity index (χ3n) is 6.07. The molecule has 1 saturated carbocycles. The lowest BCUT2D eigenvalue weighted by Gasteiger charge is -2.32. The van der Waals surface area contributed by atoms with Crippen LogP contribution in [-0.2, 0) is 13.1 Å². The normalized spacial score (nSPS) is 17.9. The molecule has 7 heteroatoms. The molecule has 0 amide bonds. The molecule has 0 unspecified atom stereocenters. The van der Waals surface area contributed by atoms with Crippen molar-refractivity contribution >= 4 is 0 Å². The molecule has 2 fully saturated rings. The number of rotatable bonds is 6. The van der Waals surface area contributed by atoms with Crippen molar-refractivity contribution < 1.29 is 0 Å². The molecule has 1 saturated heterocycles. The Labute approximate surface area is 175 Å². The Morgan fingerprint density at radius 1 is 1.00 bits per heavy atom. The first-order valence-electron chi connectivity index (χ1n) is 10.7. The van der Waals surface area contributed by atoms with Gasteiger partial charge >= 0.3 is 0 Å². The van der Waals surface area contributed by atoms with E-state index in [1.165, 1.54) is 18.4 Å². The molecule has 0 atom stereocenters. The maximum Gasteiger partial charge on any atom is 0.253 e. The minimum absolute atomic E-state index is 0.000756. The Morgan fingerprint density at radius 3 is 2.47 bits per heavy atom. The van der Waals surface area contributed by atoms with Gasteiger partial charge in [-0.2, -0.15) is 0 Å². The lowest BCUT2D eigenvalue weighted by atomic mass is 9.96. The van der Waals surface area contributed by atoms with Gasteiger partial charge in [-0.15, -0.1) is 0 Å². The van der Waals surface area contributed by atoms with Gasteiger partial charge in [-0.05, 0) is 56.8 Å². The van der Waals surface area contributed by atoms with Crippen molar-refractivity contribution in [3.63, 3.8) is 0 Å². The second-order valence-corrected chi connectivity index (χ2v) is 8.45. The third-order valence-corrected chi connectivity index (χ3v) is 6.07. The van der Waals surface area contributed by atoms with E-state index < -0.39 is 0 Å². The van der Waals surface area contributed by atoms with Crippen molar-refractivity contribution in [3.8, 4) is 11.3 Å². The van der Waals surface area contributed by atoms with Crippen LogP contribution in [0.3, 0.4) is 0 Å². The van der Waals surface area contributed by atoms with E-state index in [-0.39, 0.29) is 5.56 Å². The van der Waals surface area contributed by atoms with Crippen molar-refractivity contribution in [2.24, 2.45) is 5.92 Å². The molecular weight excluding hydrogens is 376 g/mol. The Balaban J connectivity index is 1.15. The lowest BCUT2D eigenvalue weighted by Crippen LogP contribution is -2.36. The standard InChI is InChI=1S/C23H26N6O/c30-22-10-21(20-2-1-7-24-13-20)27-16-29(22)15-17-5-8-28(9-6-17)14-18-11-25-23(26-12-18)19-3-4-19/h1-2,7,10-13,16-17,19H,3-6,8-9,14-15H2. The summed E-state index contributed by atoms with van der Waals surface area (Å²) in [6.45, 7) is 3.70. The largest absolute Gasteiger partial charge is 0.299 e. The van der Waals surface area contributed by atoms with Crippen molar-refractivity contribution in [3.05, 3.63) is 71.1 Å². The summed E-state index contributed by atoms with van der Waals surface area (Å²) in [6.07, 6.45) is 13.7. The monoisotopic (exact) mass is 402 g/mol. The SMILES string of the molecule is O=c1cc(-c2cccnc2)ncn1CC1CCN(Cc2cnc(C3CC3)nc2)CC1. The van der Waals surface area contributed by atoms with Gasteiger partial charge in [0.15, 0.2) is 0 Å². The maximum atomic E-state index is 12.6. The molecule has 30 heavy (non-hydrogen) atoms. The Bertz CT molecular complexity index is 1040. The first-order chi connectivity index (χ1) is 14.7. The van der Waals surface area contributed by atoms with Crippen LogP contribution < -0.4 is 5.56 Å². The fraction of sp³-hybridized carbons (Fsp3) is 0.435. The molecule has 1 aliphatic carbocycles. The quantitative estimate of drug-likeness (QED) is 0.631. The summed E-state index contributed by atoms with van der Waals surface area (Å²) in [4.78, 5) is 32.6. The van der Waals surface area contributed by atoms with Gasteiger partial charge in [0, 0.05) is 61.0 Å². The molecule has 4 heterocycles. The maximum absolute atomic E-state index is 12.6. The average Bonchev–Trinajstić information content (AvgIpc) is 3.63. The smallest absolute Gasteiger partial charge is 0.253 e. The summed E-state index contributed by atoms with van der Waals surface area (Å²) in [5.41, 5.74) is 2.72. The highest BCUT2D eigenvalue weighted by Crippen LogP contribution is 2.37. The molecule has 0 bridgehead atoms. The van der Waals surface area contributed by atoms with E-state index in [1.807, 2.05) is 24.5 Å². The zero-order valence-corrected chi connectivity index (χ0v) is 17.0. The molecule has 7 nitrogen and oxygen atoms in total. The molecule has 0 radical (unpaired) electrons. The van der Waals surface area contributed by atoms with Crippen molar-refractivity contribution in [1.29, 1.82) is 0 Å². The minimum atomic E-state index is -0.000756. The molecule has 2 aliphatic rings. The Kier molecular flexibility index (Phi) is 5.36. The van der Waals surface area contributed by atoms with Crippen LogP contribution >= 0.6 is 0 Å². The second-order valence-electron chi connectivity index (χ2n) is 8.45. The second kappa shape index (κ2) is 8.44. The number of nitrogens with zero attached hydrogens (tertiary/aromatic N) is 6. The molecule has 5 rings (SSSR count). The van der Waals surface area contributed by atoms with E-state index in [0.29, 0.717) is 17.5 Å². The average molecular weight is 403 g/mol. The fourth-order valence-corrected chi connectivity index (χ4v) is 4.10. The summed E-state index contributed by atoms with van der Waals surface area (Å²) in [7, 11) is 0. The van der Waals surface area contributed by atoms with Crippen molar-refractivity contribution in [1.82, 2.24) is 29.4 Å². The first kappa shape index (κ1) is 19.1. The minimum Gasteiger partial charge on any atom is -0.299 e. The summed E-state index contributed by atoms with van der Waals surface area (Å²) < 4.78 is 1.74. The number of pyridine rings is 1. The van der Waals surface area contributed by atoms with Crippen LogP contribution in [-0.4, -0.2) is 42.5 Å². The van der Waals surface area contributed by atoms with Crippen molar-refractivity contribution in [2.45, 2.75) is 44.7 Å². The topological polar surface area (TPSA) is 76.8 Å². The van der Waals surface area contributed by atoms with Gasteiger partial charge in [-0.25, -0.2) is 15.0 Å². The highest BCUT2D eigenvalue weighted by molar-refractivity contribution is 5.56. The Hall–Kier alpha value is -2.93. The molecule has 0 aromatic carbocycles. The number of piperidine rings is 1. The number of hydrogen-bond donors (Lipinski definition) is 0. The van der Waals surface area contributed by atoms with E-state index in [9.17, 15) is 4.79 Å².